The maximum absolute atomic E-state index is 13.0. The van der Waals surface area contributed by atoms with Crippen molar-refractivity contribution in [2.45, 2.75) is 19.9 Å². The smallest absolute Gasteiger partial charge is 0.270 e. The van der Waals surface area contributed by atoms with Gasteiger partial charge in [-0.1, -0.05) is 26.0 Å². The van der Waals surface area contributed by atoms with Crippen LogP contribution >= 0.6 is 0 Å². The van der Waals surface area contributed by atoms with E-state index in [-0.39, 0.29) is 23.2 Å². The molecule has 2 aromatic rings. The number of amides is 1. The second kappa shape index (κ2) is 10.6. The number of nitrogens with one attached hydrogen (secondary N) is 1. The minimum absolute atomic E-state index is 0.0550. The zero-order chi connectivity index (χ0) is 22.3. The van der Waals surface area contributed by atoms with Crippen molar-refractivity contribution < 1.29 is 14.5 Å². The van der Waals surface area contributed by atoms with Crippen molar-refractivity contribution in [2.75, 3.05) is 45.7 Å². The average Bonchev–Trinajstić information content (AvgIpc) is 2.75. The molecule has 0 aromatic heterocycles. The van der Waals surface area contributed by atoms with Gasteiger partial charge in [0.1, 0.15) is 5.75 Å². The molecule has 0 bridgehead atoms. The summed E-state index contributed by atoms with van der Waals surface area (Å²) in [6, 6.07) is 12.1. The van der Waals surface area contributed by atoms with Crippen molar-refractivity contribution in [1.29, 1.82) is 0 Å². The summed E-state index contributed by atoms with van der Waals surface area (Å²) >= 11 is 0. The first kappa shape index (κ1) is 23.2. The minimum Gasteiger partial charge on any atom is -0.497 e. The molecule has 162 valence electrons. The number of hydrogen-bond acceptors (Lipinski definition) is 6. The molecule has 0 heterocycles. The third-order valence-electron chi connectivity index (χ3n) is 5.11. The van der Waals surface area contributed by atoms with Gasteiger partial charge >= 0.3 is 0 Å². The maximum Gasteiger partial charge on any atom is 0.270 e. The predicted octanol–water partition coefficient (Wildman–Crippen LogP) is 3.48. The van der Waals surface area contributed by atoms with Gasteiger partial charge in [-0.3, -0.25) is 19.8 Å². The number of carbonyl (C=O) groups excluding carboxylic acids is 1. The van der Waals surface area contributed by atoms with Crippen LogP contribution in [0.25, 0.3) is 0 Å². The Bertz CT molecular complexity index is 881. The summed E-state index contributed by atoms with van der Waals surface area (Å²) in [4.78, 5) is 27.7. The van der Waals surface area contributed by atoms with E-state index in [0.717, 1.165) is 24.4 Å². The average molecular weight is 415 g/mol. The second-order valence-corrected chi connectivity index (χ2v) is 7.08. The largest absolute Gasteiger partial charge is 0.497 e. The van der Waals surface area contributed by atoms with E-state index in [1.54, 1.807) is 32.2 Å². The standard InChI is InChI=1S/C22H30N4O4/c1-6-25(7-2)21(16-9-8-10-18(13-16)30-5)15-23-22(27)19-14-17(26(28)29)11-12-20(19)24(3)4/h8-14,21H,6-7,15H2,1-5H3,(H,23,27). The fraction of sp³-hybridized carbons (Fsp3) is 0.409. The molecule has 8 heteroatoms. The lowest BCUT2D eigenvalue weighted by Gasteiger charge is -2.30. The number of nitrogens with zero attached hydrogens (tertiary/aromatic N) is 3. The molecular formula is C22H30N4O4. The van der Waals surface area contributed by atoms with Crippen LogP contribution < -0.4 is 15.0 Å². The third kappa shape index (κ3) is 5.48. The highest BCUT2D eigenvalue weighted by molar-refractivity contribution is 6.00. The molecule has 1 unspecified atom stereocenters. The molecule has 1 amide bonds. The van der Waals surface area contributed by atoms with Crippen LogP contribution in [0, 0.1) is 10.1 Å². The highest BCUT2D eigenvalue weighted by Gasteiger charge is 2.22. The van der Waals surface area contributed by atoms with E-state index in [1.807, 2.05) is 24.3 Å². The summed E-state index contributed by atoms with van der Waals surface area (Å²) in [7, 11) is 5.22. The van der Waals surface area contributed by atoms with Crippen LogP contribution in [0.2, 0.25) is 0 Å². The SMILES string of the molecule is CCN(CC)C(CNC(=O)c1cc([N+](=O)[O-])ccc1N(C)C)c1cccc(OC)c1. The van der Waals surface area contributed by atoms with Crippen LogP contribution in [0.1, 0.15) is 35.8 Å². The number of non-ortho nitro benzene ring substituents is 1. The Morgan fingerprint density at radius 1 is 1.17 bits per heavy atom. The van der Waals surface area contributed by atoms with Crippen molar-refractivity contribution in [1.82, 2.24) is 10.2 Å². The summed E-state index contributed by atoms with van der Waals surface area (Å²) in [6.45, 7) is 6.14. The van der Waals surface area contributed by atoms with Gasteiger partial charge in [0.15, 0.2) is 0 Å². The van der Waals surface area contributed by atoms with Crippen LogP contribution in [0.4, 0.5) is 11.4 Å². The molecule has 0 spiro atoms. The van der Waals surface area contributed by atoms with E-state index in [4.69, 9.17) is 4.74 Å². The predicted molar refractivity (Wildman–Crippen MR) is 118 cm³/mol. The maximum atomic E-state index is 13.0. The molecule has 0 saturated carbocycles. The summed E-state index contributed by atoms with van der Waals surface area (Å²) in [6.07, 6.45) is 0. The van der Waals surface area contributed by atoms with Crippen molar-refractivity contribution in [3.8, 4) is 5.75 Å². The van der Waals surface area contributed by atoms with Crippen LogP contribution in [-0.2, 0) is 0 Å². The summed E-state index contributed by atoms with van der Waals surface area (Å²) in [5, 5.41) is 14.2. The number of carbonyl (C=O) groups is 1. The molecule has 0 aliphatic rings. The number of methoxy groups -OCH3 is 1. The Balaban J connectivity index is 2.31. The highest BCUT2D eigenvalue weighted by atomic mass is 16.6. The number of ether oxygens (including phenoxy) is 1. The Kier molecular flexibility index (Phi) is 8.17. The summed E-state index contributed by atoms with van der Waals surface area (Å²) < 4.78 is 5.35. The highest BCUT2D eigenvalue weighted by Crippen LogP contribution is 2.26. The lowest BCUT2D eigenvalue weighted by molar-refractivity contribution is -0.384. The Morgan fingerprint density at radius 3 is 2.43 bits per heavy atom. The van der Waals surface area contributed by atoms with Gasteiger partial charge < -0.3 is 15.0 Å². The first-order chi connectivity index (χ1) is 14.3. The molecule has 1 N–H and O–H groups in total. The van der Waals surface area contributed by atoms with Crippen molar-refractivity contribution in [2.24, 2.45) is 0 Å². The van der Waals surface area contributed by atoms with Crippen LogP contribution in [0.3, 0.4) is 0 Å². The van der Waals surface area contributed by atoms with Crippen LogP contribution in [0.15, 0.2) is 42.5 Å². The molecular weight excluding hydrogens is 384 g/mol. The van der Waals surface area contributed by atoms with E-state index < -0.39 is 4.92 Å². The van der Waals surface area contributed by atoms with Gasteiger partial charge in [-0.15, -0.1) is 0 Å². The Labute approximate surface area is 177 Å². The topological polar surface area (TPSA) is 88.0 Å². The van der Waals surface area contributed by atoms with E-state index in [2.05, 4.69) is 24.1 Å². The monoisotopic (exact) mass is 414 g/mol. The van der Waals surface area contributed by atoms with Gasteiger partial charge in [-0.25, -0.2) is 0 Å². The Morgan fingerprint density at radius 2 is 1.87 bits per heavy atom. The number of hydrogen-bond donors (Lipinski definition) is 1. The molecule has 2 aromatic carbocycles. The van der Waals surface area contributed by atoms with E-state index in [1.165, 1.54) is 12.1 Å². The quantitative estimate of drug-likeness (QED) is 0.473. The van der Waals surface area contributed by atoms with Crippen LogP contribution in [0.5, 0.6) is 5.75 Å². The van der Waals surface area contributed by atoms with Gasteiger partial charge in [0.2, 0.25) is 0 Å². The lowest BCUT2D eigenvalue weighted by Crippen LogP contribution is -2.38. The van der Waals surface area contributed by atoms with Gasteiger partial charge in [0, 0.05) is 38.5 Å². The van der Waals surface area contributed by atoms with Gasteiger partial charge in [-0.2, -0.15) is 0 Å². The molecule has 8 nitrogen and oxygen atoms in total. The summed E-state index contributed by atoms with van der Waals surface area (Å²) in [5.41, 5.74) is 1.82. The van der Waals surface area contributed by atoms with Crippen molar-refractivity contribution in [3.05, 3.63) is 63.7 Å². The van der Waals surface area contributed by atoms with E-state index in [0.29, 0.717) is 12.2 Å². The normalized spacial score (nSPS) is 11.8. The number of anilines is 1. The zero-order valence-corrected chi connectivity index (χ0v) is 18.2. The fourth-order valence-corrected chi connectivity index (χ4v) is 3.46. The Hall–Kier alpha value is -3.13. The fourth-order valence-electron chi connectivity index (χ4n) is 3.46. The molecule has 0 saturated heterocycles. The van der Waals surface area contributed by atoms with E-state index >= 15 is 0 Å². The number of likely N-dealkylation sites (N-methyl/N-ethyl adjacent to an activating group) is 1. The second-order valence-electron chi connectivity index (χ2n) is 7.08. The number of rotatable bonds is 10. The molecule has 0 aliphatic carbocycles. The molecule has 30 heavy (non-hydrogen) atoms. The molecule has 2 rings (SSSR count). The van der Waals surface area contributed by atoms with E-state index in [9.17, 15) is 14.9 Å². The van der Waals surface area contributed by atoms with Gasteiger partial charge in [-0.05, 0) is 36.9 Å². The van der Waals surface area contributed by atoms with Crippen LogP contribution in [-0.4, -0.2) is 56.6 Å². The minimum atomic E-state index is -0.495. The zero-order valence-electron chi connectivity index (χ0n) is 18.2. The van der Waals surface area contributed by atoms with Gasteiger partial charge in [0.05, 0.1) is 23.6 Å². The third-order valence-corrected chi connectivity index (χ3v) is 5.11. The lowest BCUT2D eigenvalue weighted by atomic mass is 10.0. The number of nitro groups is 1. The van der Waals surface area contributed by atoms with Crippen molar-refractivity contribution in [3.63, 3.8) is 0 Å². The number of benzene rings is 2. The molecule has 1 atom stereocenters. The summed E-state index contributed by atoms with van der Waals surface area (Å²) in [5.74, 6) is 0.409. The molecule has 0 fully saturated rings. The first-order valence-corrected chi connectivity index (χ1v) is 9.94. The molecule has 0 aliphatic heterocycles. The van der Waals surface area contributed by atoms with Crippen molar-refractivity contribution >= 4 is 17.3 Å². The number of nitro benzene ring substituents is 1. The molecule has 0 radical (unpaired) electrons. The van der Waals surface area contributed by atoms with Gasteiger partial charge in [0.25, 0.3) is 11.6 Å². The first-order valence-electron chi connectivity index (χ1n) is 9.94.